The number of hydrogen-bond donors (Lipinski definition) is 2. The number of likely N-dealkylation sites (tertiary alicyclic amines) is 1. The molecule has 0 amide bonds. The molecule has 1 aliphatic heterocycles. The van der Waals surface area contributed by atoms with Crippen molar-refractivity contribution in [3.63, 3.8) is 0 Å². The van der Waals surface area contributed by atoms with Gasteiger partial charge in [-0.15, -0.1) is 0 Å². The third-order valence-electron chi connectivity index (χ3n) is 5.37. The number of benzene rings is 1. The number of β-amino-alcohol motifs (C(OH)–C–C–N with tert-alkyl or cyclic N) is 1. The Kier molecular flexibility index (Phi) is 4.59. The predicted octanol–water partition coefficient (Wildman–Crippen LogP) is 2.61. The molecular formula is C20H24N2O3. The normalized spacial score (nSPS) is 27.2. The summed E-state index contributed by atoms with van der Waals surface area (Å²) >= 11 is 0. The minimum atomic E-state index is -0.615. The number of aromatic hydroxyl groups is 1. The van der Waals surface area contributed by atoms with Crippen LogP contribution in [-0.2, 0) is 0 Å². The lowest BCUT2D eigenvalue weighted by Crippen LogP contribution is -2.29. The van der Waals surface area contributed by atoms with Crippen molar-refractivity contribution >= 4 is 0 Å². The lowest BCUT2D eigenvalue weighted by atomic mass is 10.0. The van der Waals surface area contributed by atoms with E-state index in [1.165, 1.54) is 6.20 Å². The Morgan fingerprint density at radius 2 is 1.80 bits per heavy atom. The van der Waals surface area contributed by atoms with Crippen molar-refractivity contribution in [3.05, 3.63) is 54.4 Å². The summed E-state index contributed by atoms with van der Waals surface area (Å²) in [6.45, 7) is 2.61. The van der Waals surface area contributed by atoms with Gasteiger partial charge in [0.25, 0.3) is 0 Å². The number of rotatable bonds is 5. The monoisotopic (exact) mass is 340 g/mol. The third kappa shape index (κ3) is 3.78. The first-order valence-electron chi connectivity index (χ1n) is 8.94. The molecule has 4 rings (SSSR count). The van der Waals surface area contributed by atoms with E-state index in [4.69, 9.17) is 4.74 Å². The SMILES string of the molecule is Oc1ccc([C@H](O)CN2C[C@H]3C[C@@H](Oc4ccccc4)C[C@H]3C2)nc1. The third-order valence-corrected chi connectivity index (χ3v) is 5.37. The Morgan fingerprint density at radius 1 is 1.08 bits per heavy atom. The molecule has 2 fully saturated rings. The highest BCUT2D eigenvalue weighted by Crippen LogP contribution is 2.40. The molecule has 1 saturated heterocycles. The van der Waals surface area contributed by atoms with Crippen LogP contribution in [0.5, 0.6) is 11.5 Å². The molecule has 132 valence electrons. The zero-order valence-corrected chi connectivity index (χ0v) is 14.2. The van der Waals surface area contributed by atoms with Crippen LogP contribution in [0.15, 0.2) is 48.7 Å². The highest BCUT2D eigenvalue weighted by Gasteiger charge is 2.42. The first kappa shape index (κ1) is 16.4. The maximum Gasteiger partial charge on any atom is 0.133 e. The van der Waals surface area contributed by atoms with Crippen molar-refractivity contribution in [1.82, 2.24) is 9.88 Å². The average molecular weight is 340 g/mol. The van der Waals surface area contributed by atoms with E-state index >= 15 is 0 Å². The van der Waals surface area contributed by atoms with Gasteiger partial charge in [0.2, 0.25) is 0 Å². The van der Waals surface area contributed by atoms with Gasteiger partial charge < -0.3 is 14.9 Å². The zero-order valence-electron chi connectivity index (χ0n) is 14.2. The van der Waals surface area contributed by atoms with E-state index in [1.807, 2.05) is 30.3 Å². The molecule has 0 bridgehead atoms. The number of aliphatic hydroxyl groups is 1. The van der Waals surface area contributed by atoms with Gasteiger partial charge in [-0.3, -0.25) is 9.88 Å². The maximum absolute atomic E-state index is 10.4. The molecule has 1 saturated carbocycles. The topological polar surface area (TPSA) is 65.8 Å². The second-order valence-corrected chi connectivity index (χ2v) is 7.22. The lowest BCUT2D eigenvalue weighted by Gasteiger charge is -2.22. The van der Waals surface area contributed by atoms with Crippen LogP contribution in [0.1, 0.15) is 24.6 Å². The Balaban J connectivity index is 1.28. The Morgan fingerprint density at radius 3 is 2.44 bits per heavy atom. The molecule has 1 aliphatic carbocycles. The summed E-state index contributed by atoms with van der Waals surface area (Å²) in [7, 11) is 0. The van der Waals surface area contributed by atoms with Crippen LogP contribution in [0.4, 0.5) is 0 Å². The van der Waals surface area contributed by atoms with Crippen molar-refractivity contribution in [2.24, 2.45) is 11.8 Å². The first-order chi connectivity index (χ1) is 12.2. The first-order valence-corrected chi connectivity index (χ1v) is 8.94. The number of nitrogens with zero attached hydrogens (tertiary/aromatic N) is 2. The maximum atomic E-state index is 10.4. The van der Waals surface area contributed by atoms with E-state index in [0.717, 1.165) is 31.7 Å². The highest BCUT2D eigenvalue weighted by atomic mass is 16.5. The number of hydrogen-bond acceptors (Lipinski definition) is 5. The van der Waals surface area contributed by atoms with Crippen LogP contribution < -0.4 is 4.74 Å². The van der Waals surface area contributed by atoms with E-state index in [9.17, 15) is 10.2 Å². The van der Waals surface area contributed by atoms with Crippen LogP contribution in [0, 0.1) is 11.8 Å². The van der Waals surface area contributed by atoms with Crippen LogP contribution >= 0.6 is 0 Å². The van der Waals surface area contributed by atoms with Gasteiger partial charge >= 0.3 is 0 Å². The summed E-state index contributed by atoms with van der Waals surface area (Å²) in [5, 5.41) is 19.7. The minimum Gasteiger partial charge on any atom is -0.506 e. The van der Waals surface area contributed by atoms with Gasteiger partial charge in [0.1, 0.15) is 17.6 Å². The van der Waals surface area contributed by atoms with Crippen molar-refractivity contribution < 1.29 is 14.9 Å². The number of aromatic nitrogens is 1. The molecule has 2 aliphatic rings. The van der Waals surface area contributed by atoms with Gasteiger partial charge in [-0.05, 0) is 48.9 Å². The Labute approximate surface area is 147 Å². The van der Waals surface area contributed by atoms with Crippen molar-refractivity contribution in [1.29, 1.82) is 0 Å². The van der Waals surface area contributed by atoms with Gasteiger partial charge in [0, 0.05) is 19.6 Å². The smallest absolute Gasteiger partial charge is 0.133 e. The van der Waals surface area contributed by atoms with E-state index in [-0.39, 0.29) is 5.75 Å². The van der Waals surface area contributed by atoms with E-state index in [1.54, 1.807) is 12.1 Å². The van der Waals surface area contributed by atoms with Gasteiger partial charge in [-0.2, -0.15) is 0 Å². The van der Waals surface area contributed by atoms with Crippen LogP contribution in [0.3, 0.4) is 0 Å². The van der Waals surface area contributed by atoms with E-state index in [2.05, 4.69) is 9.88 Å². The molecule has 0 radical (unpaired) electrons. The second-order valence-electron chi connectivity index (χ2n) is 7.22. The summed E-state index contributed by atoms with van der Waals surface area (Å²) in [6.07, 6.45) is 3.25. The molecule has 1 aromatic carbocycles. The molecule has 1 aromatic heterocycles. The Hall–Kier alpha value is -2.11. The van der Waals surface area contributed by atoms with Crippen LogP contribution in [-0.4, -0.2) is 45.8 Å². The second kappa shape index (κ2) is 7.02. The van der Waals surface area contributed by atoms with Gasteiger partial charge in [0.05, 0.1) is 18.0 Å². The number of aliphatic hydroxyl groups excluding tert-OH is 1. The molecule has 2 N–H and O–H groups in total. The number of ether oxygens (including phenoxy) is 1. The number of fused-ring (bicyclic) bond motifs is 1. The van der Waals surface area contributed by atoms with Crippen LogP contribution in [0.2, 0.25) is 0 Å². The molecule has 2 aromatic rings. The van der Waals surface area contributed by atoms with Crippen molar-refractivity contribution in [2.45, 2.75) is 25.0 Å². The molecule has 0 unspecified atom stereocenters. The quantitative estimate of drug-likeness (QED) is 0.876. The fourth-order valence-electron chi connectivity index (χ4n) is 4.21. The summed E-state index contributed by atoms with van der Waals surface area (Å²) in [5.74, 6) is 2.37. The molecule has 5 heteroatoms. The summed E-state index contributed by atoms with van der Waals surface area (Å²) in [5.41, 5.74) is 0.611. The van der Waals surface area contributed by atoms with E-state index < -0.39 is 6.10 Å². The highest BCUT2D eigenvalue weighted by molar-refractivity contribution is 5.22. The van der Waals surface area contributed by atoms with Gasteiger partial charge in [0.15, 0.2) is 0 Å². The Bertz CT molecular complexity index is 678. The molecule has 25 heavy (non-hydrogen) atoms. The van der Waals surface area contributed by atoms with Crippen molar-refractivity contribution in [3.8, 4) is 11.5 Å². The van der Waals surface area contributed by atoms with Crippen LogP contribution in [0.25, 0.3) is 0 Å². The predicted molar refractivity (Wildman–Crippen MR) is 94.4 cm³/mol. The zero-order chi connectivity index (χ0) is 17.2. The number of pyridine rings is 1. The van der Waals surface area contributed by atoms with Gasteiger partial charge in [-0.25, -0.2) is 0 Å². The fraction of sp³-hybridized carbons (Fsp3) is 0.450. The van der Waals surface area contributed by atoms with Gasteiger partial charge in [-0.1, -0.05) is 18.2 Å². The summed E-state index contributed by atoms with van der Waals surface area (Å²) in [4.78, 5) is 6.43. The molecular weight excluding hydrogens is 316 g/mol. The summed E-state index contributed by atoms with van der Waals surface area (Å²) in [6, 6.07) is 13.3. The molecule has 0 spiro atoms. The molecule has 4 atom stereocenters. The average Bonchev–Trinajstić information content (AvgIpc) is 3.14. The lowest BCUT2D eigenvalue weighted by molar-refractivity contribution is 0.113. The minimum absolute atomic E-state index is 0.121. The fourth-order valence-corrected chi connectivity index (χ4v) is 4.21. The standard InChI is InChI=1S/C20H24N2O3/c23-16-6-7-19(21-10-16)20(24)13-22-11-14-8-18(9-15(14)12-22)25-17-4-2-1-3-5-17/h1-7,10,14-15,18,20,23-24H,8-9,11-13H2/t14-,15+,18-,20-/m1/s1. The largest absolute Gasteiger partial charge is 0.506 e. The molecule has 5 nitrogen and oxygen atoms in total. The summed E-state index contributed by atoms with van der Waals surface area (Å²) < 4.78 is 6.11. The number of para-hydroxylation sites is 1. The van der Waals surface area contributed by atoms with Crippen molar-refractivity contribution in [2.75, 3.05) is 19.6 Å². The van der Waals surface area contributed by atoms with E-state index in [0.29, 0.717) is 30.2 Å². The molecule has 2 heterocycles.